The molecule has 0 amide bonds. The van der Waals surface area contributed by atoms with Crippen molar-refractivity contribution in [2.75, 3.05) is 5.73 Å². The van der Waals surface area contributed by atoms with Crippen LogP contribution in [0.4, 0.5) is 5.69 Å². The summed E-state index contributed by atoms with van der Waals surface area (Å²) in [7, 11) is 0. The van der Waals surface area contributed by atoms with E-state index >= 15 is 0 Å². The quantitative estimate of drug-likeness (QED) is 0.628. The summed E-state index contributed by atoms with van der Waals surface area (Å²) in [6.45, 7) is 8.00. The molecule has 1 heteroatoms. The zero-order valence-electron chi connectivity index (χ0n) is 10.1. The van der Waals surface area contributed by atoms with Crippen LogP contribution >= 0.6 is 0 Å². The second kappa shape index (κ2) is 7.86. The van der Waals surface area contributed by atoms with Crippen molar-refractivity contribution in [2.45, 2.75) is 27.7 Å². The summed E-state index contributed by atoms with van der Waals surface area (Å²) in [5.41, 5.74) is 6.45. The highest BCUT2D eigenvalue weighted by atomic mass is 14.5. The van der Waals surface area contributed by atoms with Gasteiger partial charge in [-0.2, -0.15) is 0 Å². The molecule has 0 aliphatic carbocycles. The average Bonchev–Trinajstić information content (AvgIpc) is 2.34. The molecule has 0 atom stereocenters. The summed E-state index contributed by atoms with van der Waals surface area (Å²) in [6, 6.07) is 14.1. The van der Waals surface area contributed by atoms with Crippen molar-refractivity contribution in [2.24, 2.45) is 0 Å². The maximum atomic E-state index is 5.62. The Morgan fingerprint density at radius 1 is 0.733 bits per heavy atom. The number of anilines is 1. The first-order valence-corrected chi connectivity index (χ1v) is 5.60. The molecule has 0 spiro atoms. The van der Waals surface area contributed by atoms with E-state index < -0.39 is 0 Å². The predicted octanol–water partition coefficient (Wildman–Crippen LogP) is 4.47. The highest BCUT2D eigenvalue weighted by molar-refractivity contribution is 5.85. The largest absolute Gasteiger partial charge is 0.399 e. The van der Waals surface area contributed by atoms with Gasteiger partial charge in [-0.3, -0.25) is 0 Å². The third kappa shape index (κ3) is 4.03. The van der Waals surface area contributed by atoms with Crippen molar-refractivity contribution in [3.8, 4) is 0 Å². The van der Waals surface area contributed by atoms with Crippen LogP contribution in [-0.4, -0.2) is 0 Å². The van der Waals surface area contributed by atoms with Crippen LogP contribution in [0.5, 0.6) is 0 Å². The summed E-state index contributed by atoms with van der Waals surface area (Å²) in [5.74, 6) is 0. The second-order valence-electron chi connectivity index (χ2n) is 2.61. The van der Waals surface area contributed by atoms with E-state index in [1.165, 1.54) is 10.8 Å². The molecule has 2 aromatic rings. The van der Waals surface area contributed by atoms with Crippen LogP contribution in [0.3, 0.4) is 0 Å². The number of rotatable bonds is 0. The number of hydrogen-bond acceptors (Lipinski definition) is 1. The third-order valence-corrected chi connectivity index (χ3v) is 1.77. The first kappa shape index (κ1) is 13.5. The Labute approximate surface area is 92.9 Å². The normalized spacial score (nSPS) is 8.27. The molecule has 0 aliphatic heterocycles. The fourth-order valence-corrected chi connectivity index (χ4v) is 1.21. The molecule has 0 fully saturated rings. The fraction of sp³-hybridized carbons (Fsp3) is 0.286. The summed E-state index contributed by atoms with van der Waals surface area (Å²) < 4.78 is 0. The Bertz CT molecular complexity index is 380. The van der Waals surface area contributed by atoms with E-state index in [4.69, 9.17) is 5.73 Å². The molecular formula is C14H21N. The lowest BCUT2D eigenvalue weighted by atomic mass is 10.1. The van der Waals surface area contributed by atoms with Gasteiger partial charge in [0.2, 0.25) is 0 Å². The van der Waals surface area contributed by atoms with Gasteiger partial charge in [0.25, 0.3) is 0 Å². The molecule has 0 aliphatic rings. The molecule has 0 saturated heterocycles. The van der Waals surface area contributed by atoms with Gasteiger partial charge in [-0.25, -0.2) is 0 Å². The molecule has 2 aromatic carbocycles. The lowest BCUT2D eigenvalue weighted by molar-refractivity contribution is 1.50. The van der Waals surface area contributed by atoms with Crippen molar-refractivity contribution < 1.29 is 0 Å². The minimum Gasteiger partial charge on any atom is -0.399 e. The number of nitrogen functional groups attached to an aromatic ring is 1. The summed E-state index contributed by atoms with van der Waals surface area (Å²) in [6.07, 6.45) is 0. The third-order valence-electron chi connectivity index (χ3n) is 1.77. The molecular weight excluding hydrogens is 182 g/mol. The summed E-state index contributed by atoms with van der Waals surface area (Å²) in [5, 5.41) is 2.44. The zero-order valence-corrected chi connectivity index (χ0v) is 10.1. The highest BCUT2D eigenvalue weighted by Crippen LogP contribution is 2.15. The van der Waals surface area contributed by atoms with Gasteiger partial charge in [0.05, 0.1) is 0 Å². The van der Waals surface area contributed by atoms with E-state index in [2.05, 4.69) is 12.1 Å². The Hall–Kier alpha value is -1.50. The molecule has 0 aromatic heterocycles. The molecule has 0 heterocycles. The van der Waals surface area contributed by atoms with Crippen molar-refractivity contribution >= 4 is 16.5 Å². The van der Waals surface area contributed by atoms with E-state index in [9.17, 15) is 0 Å². The molecule has 1 nitrogen and oxygen atoms in total. The van der Waals surface area contributed by atoms with Gasteiger partial charge in [0, 0.05) is 5.69 Å². The van der Waals surface area contributed by atoms with Crippen LogP contribution in [-0.2, 0) is 0 Å². The van der Waals surface area contributed by atoms with Gasteiger partial charge in [0.1, 0.15) is 0 Å². The lowest BCUT2D eigenvalue weighted by Gasteiger charge is -1.96. The molecule has 2 N–H and O–H groups in total. The van der Waals surface area contributed by atoms with Crippen LogP contribution in [0.15, 0.2) is 42.5 Å². The highest BCUT2D eigenvalue weighted by Gasteiger charge is 1.89. The summed E-state index contributed by atoms with van der Waals surface area (Å²) in [4.78, 5) is 0. The van der Waals surface area contributed by atoms with E-state index in [1.807, 2.05) is 58.0 Å². The van der Waals surface area contributed by atoms with Gasteiger partial charge in [-0.05, 0) is 22.9 Å². The predicted molar refractivity (Wildman–Crippen MR) is 71.1 cm³/mol. The topological polar surface area (TPSA) is 26.0 Å². The van der Waals surface area contributed by atoms with E-state index in [1.54, 1.807) is 0 Å². The van der Waals surface area contributed by atoms with Crippen LogP contribution < -0.4 is 5.73 Å². The molecule has 15 heavy (non-hydrogen) atoms. The number of hydrogen-bond donors (Lipinski definition) is 1. The van der Waals surface area contributed by atoms with Crippen molar-refractivity contribution in [1.29, 1.82) is 0 Å². The Kier molecular flexibility index (Phi) is 7.08. The zero-order chi connectivity index (χ0) is 11.7. The standard InChI is InChI=1S/C10H9N.2C2H6/c11-10-6-5-8-3-1-2-4-9(8)7-10;2*1-2/h1-7H,11H2;2*1-2H3. The van der Waals surface area contributed by atoms with Crippen LogP contribution in [0, 0.1) is 0 Å². The molecule has 0 unspecified atom stereocenters. The average molecular weight is 203 g/mol. The number of fused-ring (bicyclic) bond motifs is 1. The molecule has 0 bridgehead atoms. The maximum Gasteiger partial charge on any atom is 0.0320 e. The Balaban J connectivity index is 0.000000442. The van der Waals surface area contributed by atoms with Crippen LogP contribution in [0.2, 0.25) is 0 Å². The second-order valence-corrected chi connectivity index (χ2v) is 2.61. The minimum atomic E-state index is 0.823. The van der Waals surface area contributed by atoms with E-state index in [0.29, 0.717) is 0 Å². The molecule has 82 valence electrons. The monoisotopic (exact) mass is 203 g/mol. The van der Waals surface area contributed by atoms with Gasteiger partial charge >= 0.3 is 0 Å². The number of benzene rings is 2. The SMILES string of the molecule is CC.CC.Nc1ccc2ccccc2c1. The molecule has 0 saturated carbocycles. The lowest BCUT2D eigenvalue weighted by Crippen LogP contribution is -1.82. The Morgan fingerprint density at radius 2 is 1.27 bits per heavy atom. The Morgan fingerprint density at radius 3 is 1.87 bits per heavy atom. The van der Waals surface area contributed by atoms with Gasteiger partial charge in [-0.15, -0.1) is 0 Å². The maximum absolute atomic E-state index is 5.62. The van der Waals surface area contributed by atoms with Crippen LogP contribution in [0.25, 0.3) is 10.8 Å². The van der Waals surface area contributed by atoms with Crippen molar-refractivity contribution in [3.05, 3.63) is 42.5 Å². The van der Waals surface area contributed by atoms with Crippen molar-refractivity contribution in [3.63, 3.8) is 0 Å². The first-order chi connectivity index (χ1) is 7.36. The van der Waals surface area contributed by atoms with E-state index in [0.717, 1.165) is 5.69 Å². The minimum absolute atomic E-state index is 0.823. The van der Waals surface area contributed by atoms with Crippen LogP contribution in [0.1, 0.15) is 27.7 Å². The summed E-state index contributed by atoms with van der Waals surface area (Å²) >= 11 is 0. The fourth-order valence-electron chi connectivity index (χ4n) is 1.21. The molecule has 0 radical (unpaired) electrons. The van der Waals surface area contributed by atoms with E-state index in [-0.39, 0.29) is 0 Å². The van der Waals surface area contributed by atoms with Gasteiger partial charge in [-0.1, -0.05) is 58.0 Å². The smallest absolute Gasteiger partial charge is 0.0320 e. The first-order valence-electron chi connectivity index (χ1n) is 5.60. The van der Waals surface area contributed by atoms with Crippen molar-refractivity contribution in [1.82, 2.24) is 0 Å². The number of nitrogens with two attached hydrogens (primary N) is 1. The van der Waals surface area contributed by atoms with Gasteiger partial charge in [0.15, 0.2) is 0 Å². The van der Waals surface area contributed by atoms with Gasteiger partial charge < -0.3 is 5.73 Å². The molecule has 2 rings (SSSR count).